The van der Waals surface area contributed by atoms with E-state index in [9.17, 15) is 22.8 Å². The quantitative estimate of drug-likeness (QED) is 0.407. The SMILES string of the molecule is CCOc1ccsc1C(=O)N[C@@H](CC1CCCCC1)C(=O)N=C=CC1CCCN(S(=O)(=O)c2ccccn2)CC1=O. The molecule has 1 saturated heterocycles. The van der Waals surface area contributed by atoms with Gasteiger partial charge >= 0.3 is 0 Å². The number of rotatable bonds is 10. The number of aromatic nitrogens is 1. The van der Waals surface area contributed by atoms with Crippen LogP contribution in [-0.4, -0.2) is 66.9 Å². The number of sulfonamides is 1. The van der Waals surface area contributed by atoms with Crippen molar-refractivity contribution >= 4 is 44.8 Å². The van der Waals surface area contributed by atoms with Gasteiger partial charge in [-0.2, -0.15) is 9.30 Å². The molecule has 1 saturated carbocycles. The Hall–Kier alpha value is -3.18. The van der Waals surface area contributed by atoms with Gasteiger partial charge in [0.1, 0.15) is 16.7 Å². The molecule has 2 amide bonds. The molecule has 10 nitrogen and oxygen atoms in total. The topological polar surface area (TPSA) is 135 Å². The Kier molecular flexibility index (Phi) is 11.0. The van der Waals surface area contributed by atoms with Crippen molar-refractivity contribution in [1.82, 2.24) is 14.6 Å². The second-order valence-corrected chi connectivity index (χ2v) is 13.1. The number of hydrogen-bond donors (Lipinski definition) is 1. The zero-order chi connectivity index (χ0) is 29.2. The highest BCUT2D eigenvalue weighted by molar-refractivity contribution is 7.89. The molecule has 2 atom stereocenters. The van der Waals surface area contributed by atoms with Crippen LogP contribution in [0.1, 0.15) is 68.0 Å². The fourth-order valence-corrected chi connectivity index (χ4v) is 7.35. The molecular weight excluding hydrogens is 564 g/mol. The molecule has 0 aromatic carbocycles. The van der Waals surface area contributed by atoms with E-state index in [1.807, 2.05) is 6.92 Å². The fourth-order valence-electron chi connectivity index (χ4n) is 5.23. The van der Waals surface area contributed by atoms with Crippen LogP contribution in [0.5, 0.6) is 5.75 Å². The smallest absolute Gasteiger partial charge is 0.276 e. The first kappa shape index (κ1) is 30.8. The zero-order valence-electron chi connectivity index (χ0n) is 23.2. The van der Waals surface area contributed by atoms with E-state index in [1.54, 1.807) is 23.6 Å². The summed E-state index contributed by atoms with van der Waals surface area (Å²) in [6.07, 6.45) is 9.53. The highest BCUT2D eigenvalue weighted by atomic mass is 32.2. The first-order valence-electron chi connectivity index (χ1n) is 14.1. The van der Waals surface area contributed by atoms with E-state index in [0.717, 1.165) is 30.0 Å². The van der Waals surface area contributed by atoms with Gasteiger partial charge in [-0.1, -0.05) is 38.2 Å². The van der Waals surface area contributed by atoms with Crippen molar-refractivity contribution in [2.24, 2.45) is 16.8 Å². The van der Waals surface area contributed by atoms with Gasteiger partial charge < -0.3 is 10.1 Å². The third kappa shape index (κ3) is 8.19. The van der Waals surface area contributed by atoms with Crippen molar-refractivity contribution < 1.29 is 27.5 Å². The number of ketones is 1. The molecule has 1 unspecified atom stereocenters. The molecule has 1 N–H and O–H groups in total. The van der Waals surface area contributed by atoms with Crippen molar-refractivity contribution in [2.45, 2.75) is 69.4 Å². The molecule has 2 fully saturated rings. The third-order valence-corrected chi connectivity index (χ3v) is 10.0. The number of pyridine rings is 1. The number of allylic oxidation sites excluding steroid dienone is 1. The van der Waals surface area contributed by atoms with Crippen LogP contribution in [0.2, 0.25) is 0 Å². The summed E-state index contributed by atoms with van der Waals surface area (Å²) in [5.74, 6) is 1.58. The van der Waals surface area contributed by atoms with Crippen molar-refractivity contribution in [2.75, 3.05) is 19.7 Å². The Morgan fingerprint density at radius 3 is 2.76 bits per heavy atom. The summed E-state index contributed by atoms with van der Waals surface area (Å²) in [5.41, 5.74) is 0. The predicted molar refractivity (Wildman–Crippen MR) is 156 cm³/mol. The van der Waals surface area contributed by atoms with Crippen molar-refractivity contribution in [3.05, 3.63) is 46.8 Å². The minimum absolute atomic E-state index is 0.101. The first-order valence-corrected chi connectivity index (χ1v) is 16.4. The van der Waals surface area contributed by atoms with Crippen LogP contribution < -0.4 is 10.1 Å². The molecule has 3 heterocycles. The van der Waals surface area contributed by atoms with Crippen molar-refractivity contribution in [1.29, 1.82) is 0 Å². The minimum atomic E-state index is -3.90. The average Bonchev–Trinajstić information content (AvgIpc) is 3.36. The van der Waals surface area contributed by atoms with Gasteiger partial charge in [-0.05, 0) is 67.6 Å². The van der Waals surface area contributed by atoms with Crippen LogP contribution in [0.25, 0.3) is 0 Å². The molecule has 12 heteroatoms. The summed E-state index contributed by atoms with van der Waals surface area (Å²) in [4.78, 5) is 47.5. The van der Waals surface area contributed by atoms with Crippen LogP contribution in [0.15, 0.2) is 51.9 Å². The molecular formula is C29H36N4O6S2. The Morgan fingerprint density at radius 1 is 1.22 bits per heavy atom. The molecule has 1 aliphatic heterocycles. The Morgan fingerprint density at radius 2 is 2.02 bits per heavy atom. The largest absolute Gasteiger partial charge is 0.492 e. The van der Waals surface area contributed by atoms with E-state index in [4.69, 9.17) is 4.74 Å². The van der Waals surface area contributed by atoms with Gasteiger partial charge in [-0.3, -0.25) is 14.4 Å². The van der Waals surface area contributed by atoms with Crippen molar-refractivity contribution in [3.8, 4) is 5.75 Å². The molecule has 0 bridgehead atoms. The molecule has 0 radical (unpaired) electrons. The van der Waals surface area contributed by atoms with Gasteiger partial charge in [-0.15, -0.1) is 11.3 Å². The Labute approximate surface area is 245 Å². The lowest BCUT2D eigenvalue weighted by molar-refractivity contribution is -0.121. The maximum atomic E-state index is 13.2. The van der Waals surface area contributed by atoms with Crippen LogP contribution in [-0.2, 0) is 19.6 Å². The number of nitrogens with one attached hydrogen (secondary N) is 1. The summed E-state index contributed by atoms with van der Waals surface area (Å²) in [7, 11) is -3.90. The summed E-state index contributed by atoms with van der Waals surface area (Å²) in [6.45, 7) is 2.15. The fraction of sp³-hybridized carbons (Fsp3) is 0.517. The van der Waals surface area contributed by atoms with Gasteiger partial charge in [0.15, 0.2) is 10.8 Å². The van der Waals surface area contributed by atoms with Crippen molar-refractivity contribution in [3.63, 3.8) is 0 Å². The highest BCUT2D eigenvalue weighted by Gasteiger charge is 2.32. The zero-order valence-corrected chi connectivity index (χ0v) is 24.8. The van der Waals surface area contributed by atoms with E-state index in [2.05, 4.69) is 21.2 Å². The second-order valence-electron chi connectivity index (χ2n) is 10.3. The number of ether oxygens (including phenoxy) is 1. The molecule has 1 aliphatic carbocycles. The number of carbonyl (C=O) groups excluding carboxylic acids is 3. The van der Waals surface area contributed by atoms with Gasteiger partial charge in [0.2, 0.25) is 0 Å². The van der Waals surface area contributed by atoms with E-state index in [0.29, 0.717) is 42.4 Å². The number of aliphatic imine (C=N–C) groups is 1. The predicted octanol–water partition coefficient (Wildman–Crippen LogP) is 4.03. The normalized spacial score (nSPS) is 19.4. The standard InChI is InChI=1S/C29H36N4O6S2/c1-2-39-25-14-18-40-27(25)29(36)32-23(19-21-9-4-3-5-10-21)28(35)31-16-13-22-11-8-17-33(20-24(22)34)41(37,38)26-12-6-7-15-30-26/h6-7,12-15,18,21-23H,2-5,8-11,17,19-20H2,1H3,(H,32,36)/t22?,23-/m0/s1. The molecule has 0 spiro atoms. The molecule has 41 heavy (non-hydrogen) atoms. The first-order chi connectivity index (χ1) is 19.8. The van der Waals surface area contributed by atoms with E-state index in [1.165, 1.54) is 36.1 Å². The summed E-state index contributed by atoms with van der Waals surface area (Å²) >= 11 is 1.25. The van der Waals surface area contributed by atoms with Gasteiger partial charge in [0.05, 0.1) is 13.2 Å². The third-order valence-electron chi connectivity index (χ3n) is 7.39. The Bertz CT molecular complexity index is 1380. The van der Waals surface area contributed by atoms with E-state index >= 15 is 0 Å². The van der Waals surface area contributed by atoms with Crippen LogP contribution in [0, 0.1) is 11.8 Å². The maximum Gasteiger partial charge on any atom is 0.276 e. The molecule has 4 rings (SSSR count). The lowest BCUT2D eigenvalue weighted by Crippen LogP contribution is -2.41. The summed E-state index contributed by atoms with van der Waals surface area (Å²) in [6, 6.07) is 5.51. The maximum absolute atomic E-state index is 13.2. The number of thiophene rings is 1. The number of hydrogen-bond acceptors (Lipinski definition) is 8. The average molecular weight is 601 g/mol. The Balaban J connectivity index is 1.45. The molecule has 2 aromatic heterocycles. The molecule has 2 aliphatic rings. The van der Waals surface area contributed by atoms with E-state index < -0.39 is 27.9 Å². The lowest BCUT2D eigenvalue weighted by Gasteiger charge is -2.25. The molecule has 2 aromatic rings. The van der Waals surface area contributed by atoms with Gasteiger partial charge in [-0.25, -0.2) is 13.4 Å². The summed E-state index contributed by atoms with van der Waals surface area (Å²) in [5, 5.41) is 4.53. The van der Waals surface area contributed by atoms with E-state index in [-0.39, 0.29) is 29.8 Å². The second kappa shape index (κ2) is 14.6. The van der Waals surface area contributed by atoms with Crippen LogP contribution in [0.3, 0.4) is 0 Å². The number of amides is 2. The van der Waals surface area contributed by atoms with Crippen LogP contribution >= 0.6 is 11.3 Å². The minimum Gasteiger partial charge on any atom is -0.492 e. The number of nitrogens with zero attached hydrogens (tertiary/aromatic N) is 3. The van der Waals surface area contributed by atoms with Gasteiger partial charge in [0, 0.05) is 18.7 Å². The molecule has 220 valence electrons. The van der Waals surface area contributed by atoms with Crippen LogP contribution in [0.4, 0.5) is 0 Å². The summed E-state index contributed by atoms with van der Waals surface area (Å²) < 4.78 is 32.6. The number of Topliss-reactive ketones (excluding diaryl/α,β-unsaturated/α-hetero) is 1. The monoisotopic (exact) mass is 600 g/mol. The lowest BCUT2D eigenvalue weighted by atomic mass is 9.84. The van der Waals surface area contributed by atoms with Gasteiger partial charge in [0.25, 0.3) is 21.8 Å². The highest BCUT2D eigenvalue weighted by Crippen LogP contribution is 2.29. The number of carbonyl (C=O) groups is 3.